The average molecular weight is 429 g/mol. The molecule has 0 radical (unpaired) electrons. The molecule has 1 aliphatic carbocycles. The van der Waals surface area contributed by atoms with E-state index in [-0.39, 0.29) is 24.3 Å². The van der Waals surface area contributed by atoms with Gasteiger partial charge in [-0.2, -0.15) is 0 Å². The summed E-state index contributed by atoms with van der Waals surface area (Å²) >= 11 is 6.24. The summed E-state index contributed by atoms with van der Waals surface area (Å²) in [6.45, 7) is 6.46. The van der Waals surface area contributed by atoms with Crippen LogP contribution in [-0.4, -0.2) is 36.4 Å². The minimum Gasteiger partial charge on any atom is -0.483 e. The molecule has 160 valence electrons. The summed E-state index contributed by atoms with van der Waals surface area (Å²) in [5, 5.41) is 3.67. The topological polar surface area (TPSA) is 58.6 Å². The lowest BCUT2D eigenvalue weighted by Gasteiger charge is -2.20. The van der Waals surface area contributed by atoms with Gasteiger partial charge in [-0.05, 0) is 66.6 Å². The fourth-order valence-corrected chi connectivity index (χ4v) is 3.29. The molecular weight excluding hydrogens is 400 g/mol. The zero-order valence-corrected chi connectivity index (χ0v) is 18.8. The first-order chi connectivity index (χ1) is 14.2. The second-order valence-electron chi connectivity index (χ2n) is 8.28. The van der Waals surface area contributed by atoms with Crippen molar-refractivity contribution in [1.82, 2.24) is 10.2 Å². The van der Waals surface area contributed by atoms with E-state index in [0.717, 1.165) is 29.5 Å². The maximum Gasteiger partial charge on any atom is 0.260 e. The Labute approximate surface area is 183 Å². The molecule has 2 aromatic carbocycles. The minimum absolute atomic E-state index is 0.0407. The van der Waals surface area contributed by atoms with Crippen LogP contribution in [-0.2, 0) is 11.3 Å². The highest BCUT2D eigenvalue weighted by atomic mass is 35.5. The molecule has 6 heteroatoms. The summed E-state index contributed by atoms with van der Waals surface area (Å²) in [6.07, 6.45) is 2.13. The maximum atomic E-state index is 12.6. The number of hydrogen-bond acceptors (Lipinski definition) is 3. The summed E-state index contributed by atoms with van der Waals surface area (Å²) in [4.78, 5) is 26.3. The molecule has 0 saturated heterocycles. The van der Waals surface area contributed by atoms with Gasteiger partial charge < -0.3 is 15.0 Å². The number of aryl methyl sites for hydroxylation is 1. The standard InChI is InChI=1S/C24H29ClN2O3/c1-15(2)20-12-21(25)16(3)11-22(20)30-14-23(28)27(4)13-17-5-7-18(8-6-17)24(29)26-19-9-10-19/h5-8,11-12,15,19H,9-10,13-14H2,1-4H3,(H,26,29). The van der Waals surface area contributed by atoms with Crippen molar-refractivity contribution in [2.24, 2.45) is 0 Å². The third-order valence-corrected chi connectivity index (χ3v) is 5.65. The predicted octanol–water partition coefficient (Wildman–Crippen LogP) is 4.70. The Morgan fingerprint density at radius 3 is 2.47 bits per heavy atom. The van der Waals surface area contributed by atoms with Gasteiger partial charge in [0.15, 0.2) is 6.61 Å². The Hall–Kier alpha value is -2.53. The fraction of sp³-hybridized carbons (Fsp3) is 0.417. The van der Waals surface area contributed by atoms with E-state index in [9.17, 15) is 9.59 Å². The Morgan fingerprint density at radius 1 is 1.20 bits per heavy atom. The second-order valence-corrected chi connectivity index (χ2v) is 8.68. The molecule has 1 saturated carbocycles. The fourth-order valence-electron chi connectivity index (χ4n) is 3.12. The Bertz CT molecular complexity index is 921. The van der Waals surface area contributed by atoms with Crippen LogP contribution >= 0.6 is 11.6 Å². The molecule has 0 aliphatic heterocycles. The summed E-state index contributed by atoms with van der Waals surface area (Å²) in [5.74, 6) is 0.773. The van der Waals surface area contributed by atoms with E-state index in [1.165, 1.54) is 0 Å². The van der Waals surface area contributed by atoms with Crippen molar-refractivity contribution < 1.29 is 14.3 Å². The van der Waals surface area contributed by atoms with Crippen molar-refractivity contribution in [2.45, 2.75) is 52.1 Å². The quantitative estimate of drug-likeness (QED) is 0.662. The molecular formula is C24H29ClN2O3. The molecule has 0 atom stereocenters. The van der Waals surface area contributed by atoms with E-state index in [2.05, 4.69) is 19.2 Å². The zero-order chi connectivity index (χ0) is 21.8. The maximum absolute atomic E-state index is 12.6. The van der Waals surface area contributed by atoms with Gasteiger partial charge in [-0.3, -0.25) is 9.59 Å². The number of rotatable bonds is 8. The van der Waals surface area contributed by atoms with Gasteiger partial charge in [-0.25, -0.2) is 0 Å². The number of likely N-dealkylation sites (N-methyl/N-ethyl adjacent to an activating group) is 1. The van der Waals surface area contributed by atoms with Crippen molar-refractivity contribution in [1.29, 1.82) is 0 Å². The number of carbonyl (C=O) groups is 2. The van der Waals surface area contributed by atoms with Crippen LogP contribution in [0, 0.1) is 6.92 Å². The molecule has 3 rings (SSSR count). The zero-order valence-electron chi connectivity index (χ0n) is 18.0. The lowest BCUT2D eigenvalue weighted by atomic mass is 10.0. The molecule has 0 heterocycles. The third-order valence-electron chi connectivity index (χ3n) is 5.24. The van der Waals surface area contributed by atoms with Crippen LogP contribution < -0.4 is 10.1 Å². The monoisotopic (exact) mass is 428 g/mol. The van der Waals surface area contributed by atoms with Gasteiger partial charge in [0.1, 0.15) is 5.75 Å². The van der Waals surface area contributed by atoms with E-state index < -0.39 is 0 Å². The lowest BCUT2D eigenvalue weighted by Crippen LogP contribution is -2.31. The van der Waals surface area contributed by atoms with Crippen molar-refractivity contribution in [3.63, 3.8) is 0 Å². The van der Waals surface area contributed by atoms with Gasteiger partial charge in [-0.15, -0.1) is 0 Å². The van der Waals surface area contributed by atoms with E-state index in [0.29, 0.717) is 28.9 Å². The van der Waals surface area contributed by atoms with Crippen molar-refractivity contribution in [2.75, 3.05) is 13.7 Å². The number of nitrogens with zero attached hydrogens (tertiary/aromatic N) is 1. The van der Waals surface area contributed by atoms with Crippen LogP contribution in [0.15, 0.2) is 36.4 Å². The summed E-state index contributed by atoms with van der Waals surface area (Å²) in [7, 11) is 1.75. The van der Waals surface area contributed by atoms with Gasteiger partial charge in [0.05, 0.1) is 0 Å². The Balaban J connectivity index is 1.56. The van der Waals surface area contributed by atoms with Crippen molar-refractivity contribution in [3.8, 4) is 5.75 Å². The van der Waals surface area contributed by atoms with Gasteiger partial charge in [0.25, 0.3) is 11.8 Å². The van der Waals surface area contributed by atoms with Gasteiger partial charge >= 0.3 is 0 Å². The molecule has 5 nitrogen and oxygen atoms in total. The first-order valence-corrected chi connectivity index (χ1v) is 10.7. The molecule has 2 aromatic rings. The highest BCUT2D eigenvalue weighted by Gasteiger charge is 2.23. The predicted molar refractivity (Wildman–Crippen MR) is 119 cm³/mol. The molecule has 0 bridgehead atoms. The number of amides is 2. The van der Waals surface area contributed by atoms with Crippen molar-refractivity contribution >= 4 is 23.4 Å². The number of ether oxygens (including phenoxy) is 1. The van der Waals surface area contributed by atoms with Crippen LogP contribution in [0.1, 0.15) is 59.7 Å². The number of halogens is 1. The Morgan fingerprint density at radius 2 is 1.87 bits per heavy atom. The van der Waals surface area contributed by atoms with Crippen molar-refractivity contribution in [3.05, 3.63) is 63.7 Å². The smallest absolute Gasteiger partial charge is 0.260 e. The highest BCUT2D eigenvalue weighted by molar-refractivity contribution is 6.31. The number of carbonyl (C=O) groups excluding carboxylic acids is 2. The van der Waals surface area contributed by atoms with Gasteiger partial charge in [0, 0.05) is 30.2 Å². The first kappa shape index (κ1) is 22.2. The molecule has 0 aromatic heterocycles. The summed E-state index contributed by atoms with van der Waals surface area (Å²) in [6, 6.07) is 11.5. The highest BCUT2D eigenvalue weighted by Crippen LogP contribution is 2.32. The number of nitrogens with one attached hydrogen (secondary N) is 1. The Kier molecular flexibility index (Phi) is 7.03. The molecule has 0 unspecified atom stereocenters. The number of benzene rings is 2. The lowest BCUT2D eigenvalue weighted by molar-refractivity contribution is -0.132. The van der Waals surface area contributed by atoms with Crippen LogP contribution in [0.2, 0.25) is 5.02 Å². The molecule has 2 amide bonds. The van der Waals surface area contributed by atoms with Crippen LogP contribution in [0.4, 0.5) is 0 Å². The molecule has 0 spiro atoms. The molecule has 1 N–H and O–H groups in total. The molecule has 1 fully saturated rings. The summed E-state index contributed by atoms with van der Waals surface area (Å²) in [5.41, 5.74) is 3.50. The van der Waals surface area contributed by atoms with E-state index >= 15 is 0 Å². The largest absolute Gasteiger partial charge is 0.483 e. The SMILES string of the molecule is Cc1cc(OCC(=O)N(C)Cc2ccc(C(=O)NC3CC3)cc2)c(C(C)C)cc1Cl. The van der Waals surface area contributed by atoms with E-state index in [4.69, 9.17) is 16.3 Å². The van der Waals surface area contributed by atoms with Crippen LogP contribution in [0.3, 0.4) is 0 Å². The average Bonchev–Trinajstić information content (AvgIpc) is 3.52. The van der Waals surface area contributed by atoms with Gasteiger partial charge in [0.2, 0.25) is 0 Å². The minimum atomic E-state index is -0.118. The summed E-state index contributed by atoms with van der Waals surface area (Å²) < 4.78 is 5.85. The third kappa shape index (κ3) is 5.76. The first-order valence-electron chi connectivity index (χ1n) is 10.3. The van der Waals surface area contributed by atoms with Crippen LogP contribution in [0.25, 0.3) is 0 Å². The van der Waals surface area contributed by atoms with Gasteiger partial charge in [-0.1, -0.05) is 37.6 Å². The molecule has 30 heavy (non-hydrogen) atoms. The number of hydrogen-bond donors (Lipinski definition) is 1. The molecule has 1 aliphatic rings. The normalized spacial score (nSPS) is 13.3. The second kappa shape index (κ2) is 9.52. The van der Waals surface area contributed by atoms with E-state index in [1.54, 1.807) is 24.1 Å². The van der Waals surface area contributed by atoms with E-state index in [1.807, 2.05) is 31.2 Å². The van der Waals surface area contributed by atoms with Crippen LogP contribution in [0.5, 0.6) is 5.75 Å².